The zero-order valence-corrected chi connectivity index (χ0v) is 18.5. The molecule has 5 aromatic rings. The van der Waals surface area contributed by atoms with Crippen molar-refractivity contribution in [3.8, 4) is 5.69 Å². The Morgan fingerprint density at radius 2 is 1.86 bits per heavy atom. The lowest BCUT2D eigenvalue weighted by molar-refractivity contribution is -0.137. The fourth-order valence-electron chi connectivity index (χ4n) is 4.13. The molecule has 178 valence electrons. The summed E-state index contributed by atoms with van der Waals surface area (Å²) in [6, 6.07) is 14.5. The van der Waals surface area contributed by atoms with Crippen molar-refractivity contribution in [2.45, 2.75) is 12.2 Å². The summed E-state index contributed by atoms with van der Waals surface area (Å²) in [5, 5.41) is 18.5. The summed E-state index contributed by atoms with van der Waals surface area (Å²) in [6.45, 7) is -0.317. The monoisotopic (exact) mass is 479 g/mol. The second kappa shape index (κ2) is 8.55. The lowest BCUT2D eigenvalue weighted by Crippen LogP contribution is -2.31. The molecule has 0 fully saturated rings. The maximum absolute atomic E-state index is 13.0. The van der Waals surface area contributed by atoms with Crippen LogP contribution in [-0.2, 0) is 13.2 Å². The molecule has 3 heterocycles. The van der Waals surface area contributed by atoms with E-state index in [4.69, 9.17) is 0 Å². The van der Waals surface area contributed by atoms with Crippen LogP contribution in [0.5, 0.6) is 0 Å². The molecule has 2 N–H and O–H groups in total. The van der Waals surface area contributed by atoms with Crippen LogP contribution in [0, 0.1) is 0 Å². The number of aliphatic hydroxyl groups is 1. The number of hydrogen-bond acceptors (Lipinski definition) is 4. The molecule has 0 unspecified atom stereocenters. The Labute approximate surface area is 197 Å². The van der Waals surface area contributed by atoms with Gasteiger partial charge in [-0.3, -0.25) is 19.0 Å². The number of hydrogen-bond donors (Lipinski definition) is 2. The lowest BCUT2D eigenvalue weighted by Gasteiger charge is -2.16. The highest BCUT2D eigenvalue weighted by atomic mass is 19.4. The minimum absolute atomic E-state index is 0.317. The lowest BCUT2D eigenvalue weighted by atomic mass is 10.1. The average molecular weight is 479 g/mol. The summed E-state index contributed by atoms with van der Waals surface area (Å²) in [6.07, 6.45) is -1.05. The van der Waals surface area contributed by atoms with E-state index in [-0.39, 0.29) is 6.61 Å². The summed E-state index contributed by atoms with van der Waals surface area (Å²) in [5.74, 6) is -0.393. The first-order valence-electron chi connectivity index (χ1n) is 10.7. The van der Waals surface area contributed by atoms with Crippen LogP contribution in [0.2, 0.25) is 0 Å². The minimum atomic E-state index is -4.43. The molecule has 0 saturated heterocycles. The third-order valence-electron chi connectivity index (χ3n) is 5.80. The molecular weight excluding hydrogens is 459 g/mol. The van der Waals surface area contributed by atoms with Crippen molar-refractivity contribution in [2.24, 2.45) is 7.05 Å². The van der Waals surface area contributed by atoms with E-state index in [0.29, 0.717) is 28.1 Å². The number of alkyl halides is 3. The second-order valence-corrected chi connectivity index (χ2v) is 8.12. The smallest absolute Gasteiger partial charge is 0.394 e. The van der Waals surface area contributed by atoms with E-state index in [9.17, 15) is 23.1 Å². The highest BCUT2D eigenvalue weighted by molar-refractivity contribution is 6.10. The number of benzene rings is 2. The van der Waals surface area contributed by atoms with Gasteiger partial charge < -0.3 is 10.4 Å². The molecule has 0 bridgehead atoms. The van der Waals surface area contributed by atoms with Gasteiger partial charge >= 0.3 is 6.18 Å². The Hall–Kier alpha value is -4.18. The first-order valence-corrected chi connectivity index (χ1v) is 10.7. The number of nitrogens with zero attached hydrogens (tertiary/aromatic N) is 4. The van der Waals surface area contributed by atoms with Gasteiger partial charge in [-0.1, -0.05) is 6.07 Å². The fraction of sp³-hybridized carbons (Fsp3) is 0.160. The number of aromatic nitrogens is 4. The third kappa shape index (κ3) is 4.12. The van der Waals surface area contributed by atoms with E-state index in [1.807, 2.05) is 0 Å². The number of fused-ring (bicyclic) bond motifs is 3. The van der Waals surface area contributed by atoms with Crippen LogP contribution in [0.3, 0.4) is 0 Å². The number of aryl methyl sites for hydroxylation is 1. The van der Waals surface area contributed by atoms with E-state index in [1.54, 1.807) is 65.1 Å². The van der Waals surface area contributed by atoms with E-state index < -0.39 is 23.7 Å². The van der Waals surface area contributed by atoms with Gasteiger partial charge in [0.25, 0.3) is 5.91 Å². The summed E-state index contributed by atoms with van der Waals surface area (Å²) in [4.78, 5) is 17.2. The summed E-state index contributed by atoms with van der Waals surface area (Å²) < 4.78 is 42.5. The second-order valence-electron chi connectivity index (χ2n) is 8.12. The molecule has 3 aromatic heterocycles. The molecule has 7 nitrogen and oxygen atoms in total. The molecule has 2 aromatic carbocycles. The van der Waals surface area contributed by atoms with Crippen LogP contribution in [-0.4, -0.2) is 37.0 Å². The number of carbonyl (C=O) groups excluding carboxylic acids is 1. The van der Waals surface area contributed by atoms with Crippen molar-refractivity contribution in [3.05, 3.63) is 89.9 Å². The maximum Gasteiger partial charge on any atom is 0.416 e. The normalized spacial score (nSPS) is 12.8. The van der Waals surface area contributed by atoms with Crippen molar-refractivity contribution in [3.63, 3.8) is 0 Å². The molecule has 1 amide bonds. The largest absolute Gasteiger partial charge is 0.416 e. The molecule has 0 aliphatic carbocycles. The predicted molar refractivity (Wildman–Crippen MR) is 124 cm³/mol. The van der Waals surface area contributed by atoms with Gasteiger partial charge in [0, 0.05) is 41.5 Å². The Bertz CT molecular complexity index is 1520. The molecule has 0 radical (unpaired) electrons. The summed E-state index contributed by atoms with van der Waals surface area (Å²) in [7, 11) is 1.75. The number of nitrogens with one attached hydrogen (secondary N) is 1. The minimum Gasteiger partial charge on any atom is -0.394 e. The van der Waals surface area contributed by atoms with Gasteiger partial charge in [0.05, 0.1) is 29.4 Å². The molecule has 0 aliphatic rings. The first-order chi connectivity index (χ1) is 16.8. The molecular formula is C25H20F3N5O2. The SMILES string of the molecule is Cn1cc2c3cc(C(=O)N[C@H](CO)c4ccccn4)ccc3n(-c3ccc(C(F)(F)F)cc3)c2n1. The Kier molecular flexibility index (Phi) is 5.52. The topological polar surface area (TPSA) is 85.0 Å². The molecule has 0 aliphatic heterocycles. The Morgan fingerprint density at radius 3 is 2.51 bits per heavy atom. The van der Waals surface area contributed by atoms with Crippen LogP contribution in [0.25, 0.3) is 27.6 Å². The molecule has 10 heteroatoms. The standard InChI is InChI=1S/C25H20F3N5O2/c1-32-13-19-18-12-15(24(35)30-21(14-34)20-4-2-3-11-29-20)5-10-22(18)33(23(19)31-32)17-8-6-16(7-9-17)25(26,27)28/h2-13,21,34H,14H2,1H3,(H,30,35)/t21-/m1/s1. The summed E-state index contributed by atoms with van der Waals surface area (Å²) >= 11 is 0. The van der Waals surface area contributed by atoms with Crippen molar-refractivity contribution in [1.29, 1.82) is 0 Å². The fourth-order valence-corrected chi connectivity index (χ4v) is 4.13. The van der Waals surface area contributed by atoms with Crippen LogP contribution in [0.1, 0.15) is 27.7 Å². The van der Waals surface area contributed by atoms with Gasteiger partial charge in [-0.2, -0.15) is 18.3 Å². The van der Waals surface area contributed by atoms with E-state index in [1.165, 1.54) is 12.1 Å². The van der Waals surface area contributed by atoms with Crippen molar-refractivity contribution in [2.75, 3.05) is 6.61 Å². The zero-order chi connectivity index (χ0) is 24.7. The van der Waals surface area contributed by atoms with E-state index >= 15 is 0 Å². The highest BCUT2D eigenvalue weighted by Crippen LogP contribution is 2.34. The van der Waals surface area contributed by atoms with Crippen LogP contribution >= 0.6 is 0 Å². The van der Waals surface area contributed by atoms with Crippen molar-refractivity contribution < 1.29 is 23.1 Å². The first kappa shape index (κ1) is 22.6. The average Bonchev–Trinajstić information content (AvgIpc) is 3.36. The molecule has 0 saturated carbocycles. The molecule has 5 rings (SSSR count). The molecule has 35 heavy (non-hydrogen) atoms. The van der Waals surface area contributed by atoms with Gasteiger partial charge in [0.1, 0.15) is 0 Å². The van der Waals surface area contributed by atoms with Crippen molar-refractivity contribution >= 4 is 27.8 Å². The van der Waals surface area contributed by atoms with Gasteiger partial charge in [-0.25, -0.2) is 0 Å². The predicted octanol–water partition coefficient (Wildman–Crippen LogP) is 4.39. The molecule has 1 atom stereocenters. The summed E-state index contributed by atoms with van der Waals surface area (Å²) in [5.41, 5.74) is 1.93. The Morgan fingerprint density at radius 1 is 1.09 bits per heavy atom. The van der Waals surface area contributed by atoms with Crippen LogP contribution < -0.4 is 5.32 Å². The quantitative estimate of drug-likeness (QED) is 0.392. The number of carbonyl (C=O) groups is 1. The van der Waals surface area contributed by atoms with E-state index in [2.05, 4.69) is 15.4 Å². The van der Waals surface area contributed by atoms with Crippen LogP contribution in [0.15, 0.2) is 73.1 Å². The van der Waals surface area contributed by atoms with Gasteiger partial charge in [0.2, 0.25) is 0 Å². The number of aliphatic hydroxyl groups excluding tert-OH is 1. The highest BCUT2D eigenvalue weighted by Gasteiger charge is 2.30. The van der Waals surface area contributed by atoms with Gasteiger partial charge in [-0.15, -0.1) is 0 Å². The zero-order valence-electron chi connectivity index (χ0n) is 18.5. The third-order valence-corrected chi connectivity index (χ3v) is 5.80. The number of rotatable bonds is 5. The van der Waals surface area contributed by atoms with Crippen LogP contribution in [0.4, 0.5) is 13.2 Å². The number of pyridine rings is 1. The van der Waals surface area contributed by atoms with Gasteiger partial charge in [-0.05, 0) is 54.6 Å². The van der Waals surface area contributed by atoms with E-state index in [0.717, 1.165) is 22.9 Å². The Balaban J connectivity index is 1.56. The molecule has 0 spiro atoms. The van der Waals surface area contributed by atoms with Gasteiger partial charge in [0.15, 0.2) is 5.65 Å². The maximum atomic E-state index is 13.0. The van der Waals surface area contributed by atoms with Crippen molar-refractivity contribution in [1.82, 2.24) is 24.6 Å². The number of halogens is 3. The number of amides is 1.